The zero-order valence-electron chi connectivity index (χ0n) is 13.1. The number of thiazole rings is 1. The summed E-state index contributed by atoms with van der Waals surface area (Å²) >= 11 is 5.15. The molecule has 1 aliphatic rings. The molecular weight excluding hydrogens is 344 g/mol. The molecule has 4 rings (SSSR count). The molecule has 4 nitrogen and oxygen atoms in total. The average Bonchev–Trinajstić information content (AvgIpc) is 3.07. The number of nitrogens with zero attached hydrogens (tertiary/aromatic N) is 3. The monoisotopic (exact) mass is 362 g/mol. The molecule has 23 heavy (non-hydrogen) atoms. The summed E-state index contributed by atoms with van der Waals surface area (Å²) in [6.45, 7) is 4.33. The van der Waals surface area contributed by atoms with Gasteiger partial charge in [-0.15, -0.1) is 22.7 Å². The van der Waals surface area contributed by atoms with Crippen molar-refractivity contribution in [1.82, 2.24) is 15.0 Å². The molecule has 0 fully saturated rings. The van der Waals surface area contributed by atoms with Gasteiger partial charge < -0.3 is 5.73 Å². The molecule has 1 aliphatic carbocycles. The van der Waals surface area contributed by atoms with Crippen molar-refractivity contribution in [1.29, 1.82) is 0 Å². The van der Waals surface area contributed by atoms with Gasteiger partial charge in [0.25, 0.3) is 0 Å². The lowest BCUT2D eigenvalue weighted by molar-refractivity contribution is 0.509. The third-order valence-electron chi connectivity index (χ3n) is 4.15. The Morgan fingerprint density at radius 2 is 2.22 bits per heavy atom. The molecule has 0 bridgehead atoms. The quantitative estimate of drug-likeness (QED) is 0.697. The molecular formula is C16H18N4S3. The number of rotatable bonds is 3. The van der Waals surface area contributed by atoms with Gasteiger partial charge in [0, 0.05) is 16.0 Å². The molecule has 0 aliphatic heterocycles. The Kier molecular flexibility index (Phi) is 4.03. The van der Waals surface area contributed by atoms with E-state index < -0.39 is 0 Å². The number of nitrogens with two attached hydrogens (primary N) is 1. The molecule has 1 atom stereocenters. The number of hydrogen-bond acceptors (Lipinski definition) is 7. The molecule has 0 saturated carbocycles. The minimum absolute atomic E-state index is 0.646. The second kappa shape index (κ2) is 6.03. The topological polar surface area (TPSA) is 64.7 Å². The average molecular weight is 363 g/mol. The van der Waals surface area contributed by atoms with E-state index >= 15 is 0 Å². The van der Waals surface area contributed by atoms with Crippen LogP contribution in [0, 0.1) is 12.8 Å². The molecule has 2 N–H and O–H groups in total. The number of fused-ring (bicyclic) bond motifs is 3. The highest BCUT2D eigenvalue weighted by Gasteiger charge is 2.23. The van der Waals surface area contributed by atoms with Crippen LogP contribution < -0.4 is 5.73 Å². The van der Waals surface area contributed by atoms with Crippen LogP contribution in [-0.4, -0.2) is 15.0 Å². The van der Waals surface area contributed by atoms with Crippen LogP contribution in [0.3, 0.4) is 0 Å². The minimum Gasteiger partial charge on any atom is -0.383 e. The van der Waals surface area contributed by atoms with Crippen LogP contribution in [-0.2, 0) is 18.6 Å². The predicted octanol–water partition coefficient (Wildman–Crippen LogP) is 4.46. The van der Waals surface area contributed by atoms with E-state index in [1.807, 2.05) is 6.92 Å². The highest BCUT2D eigenvalue weighted by molar-refractivity contribution is 8.00. The SMILES string of the molecule is Cc1csc(SCc2nc(N)c3c4c(sc3n2)CC(C)CC4)n1. The number of aryl methyl sites for hydroxylation is 2. The Labute approximate surface area is 147 Å². The van der Waals surface area contributed by atoms with Crippen molar-refractivity contribution < 1.29 is 0 Å². The van der Waals surface area contributed by atoms with Gasteiger partial charge in [-0.05, 0) is 37.7 Å². The van der Waals surface area contributed by atoms with Crippen LogP contribution >= 0.6 is 34.4 Å². The summed E-state index contributed by atoms with van der Waals surface area (Å²) in [5, 5.41) is 3.17. The van der Waals surface area contributed by atoms with Gasteiger partial charge in [0.15, 0.2) is 4.34 Å². The van der Waals surface area contributed by atoms with Crippen molar-refractivity contribution in [2.45, 2.75) is 43.2 Å². The maximum atomic E-state index is 6.27. The van der Waals surface area contributed by atoms with Gasteiger partial charge in [0.1, 0.15) is 16.5 Å². The van der Waals surface area contributed by atoms with Gasteiger partial charge in [-0.2, -0.15) is 0 Å². The smallest absolute Gasteiger partial charge is 0.150 e. The maximum absolute atomic E-state index is 6.27. The number of aromatic nitrogens is 3. The third-order valence-corrected chi connectivity index (χ3v) is 7.44. The first-order chi connectivity index (χ1) is 11.1. The fourth-order valence-corrected chi connectivity index (χ4v) is 6.12. The Morgan fingerprint density at radius 1 is 1.35 bits per heavy atom. The van der Waals surface area contributed by atoms with Crippen LogP contribution in [0.2, 0.25) is 0 Å². The summed E-state index contributed by atoms with van der Waals surface area (Å²) in [4.78, 5) is 16.3. The Balaban J connectivity index is 1.64. The van der Waals surface area contributed by atoms with Gasteiger partial charge in [-0.3, -0.25) is 0 Å². The number of thioether (sulfide) groups is 1. The standard InChI is InChI=1S/C16H18N4S3/c1-8-3-4-10-11(5-8)23-15-13(10)14(17)19-12(20-15)7-22-16-18-9(2)6-21-16/h6,8H,3-5,7H2,1-2H3,(H2,17,19,20). The number of thiophene rings is 1. The van der Waals surface area contributed by atoms with E-state index in [1.54, 1.807) is 34.4 Å². The van der Waals surface area contributed by atoms with Crippen molar-refractivity contribution in [2.24, 2.45) is 5.92 Å². The zero-order valence-corrected chi connectivity index (χ0v) is 15.6. The molecule has 0 aromatic carbocycles. The lowest BCUT2D eigenvalue weighted by Crippen LogP contribution is -2.09. The zero-order chi connectivity index (χ0) is 16.0. The van der Waals surface area contributed by atoms with E-state index in [2.05, 4.69) is 22.3 Å². The number of anilines is 1. The molecule has 0 radical (unpaired) electrons. The van der Waals surface area contributed by atoms with Crippen LogP contribution in [0.4, 0.5) is 5.82 Å². The second-order valence-electron chi connectivity index (χ2n) is 6.10. The van der Waals surface area contributed by atoms with Gasteiger partial charge in [-0.25, -0.2) is 15.0 Å². The largest absolute Gasteiger partial charge is 0.383 e. The van der Waals surface area contributed by atoms with E-state index in [9.17, 15) is 0 Å². The molecule has 0 amide bonds. The first kappa shape index (κ1) is 15.4. The molecule has 1 unspecified atom stereocenters. The Hall–Kier alpha value is -1.18. The maximum Gasteiger partial charge on any atom is 0.150 e. The molecule has 0 spiro atoms. The normalized spacial score (nSPS) is 17.6. The van der Waals surface area contributed by atoms with E-state index in [-0.39, 0.29) is 0 Å². The van der Waals surface area contributed by atoms with Crippen molar-refractivity contribution >= 4 is 50.5 Å². The van der Waals surface area contributed by atoms with Crippen molar-refractivity contribution in [2.75, 3.05) is 5.73 Å². The third kappa shape index (κ3) is 2.97. The van der Waals surface area contributed by atoms with Crippen LogP contribution in [0.25, 0.3) is 10.2 Å². The van der Waals surface area contributed by atoms with E-state index in [0.717, 1.165) is 44.8 Å². The van der Waals surface area contributed by atoms with Gasteiger partial charge >= 0.3 is 0 Å². The Bertz CT molecular complexity index is 868. The van der Waals surface area contributed by atoms with E-state index in [1.165, 1.54) is 16.9 Å². The van der Waals surface area contributed by atoms with Crippen LogP contribution in [0.5, 0.6) is 0 Å². The highest BCUT2D eigenvalue weighted by Crippen LogP contribution is 2.39. The van der Waals surface area contributed by atoms with Crippen molar-refractivity contribution in [3.63, 3.8) is 0 Å². The van der Waals surface area contributed by atoms with Crippen molar-refractivity contribution in [3.8, 4) is 0 Å². The first-order valence-electron chi connectivity index (χ1n) is 7.71. The lowest BCUT2D eigenvalue weighted by Gasteiger charge is -2.17. The second-order valence-corrected chi connectivity index (χ2v) is 9.26. The number of nitrogen functional groups attached to an aromatic ring is 1. The molecule has 3 aromatic heterocycles. The Morgan fingerprint density at radius 3 is 3.00 bits per heavy atom. The van der Waals surface area contributed by atoms with Gasteiger partial charge in [-0.1, -0.05) is 18.7 Å². The molecule has 120 valence electrons. The fourth-order valence-electron chi connectivity index (χ4n) is 3.01. The van der Waals surface area contributed by atoms with Crippen LogP contribution in [0.1, 0.15) is 35.3 Å². The van der Waals surface area contributed by atoms with E-state index in [4.69, 9.17) is 10.7 Å². The molecule has 3 aromatic rings. The molecule has 0 saturated heterocycles. The van der Waals surface area contributed by atoms with Crippen LogP contribution in [0.15, 0.2) is 9.72 Å². The summed E-state index contributed by atoms with van der Waals surface area (Å²) in [5.41, 5.74) is 8.73. The summed E-state index contributed by atoms with van der Waals surface area (Å²) in [5.74, 6) is 2.92. The number of hydrogen-bond donors (Lipinski definition) is 1. The fraction of sp³-hybridized carbons (Fsp3) is 0.438. The molecule has 7 heteroatoms. The highest BCUT2D eigenvalue weighted by atomic mass is 32.2. The van der Waals surface area contributed by atoms with Gasteiger partial charge in [0.2, 0.25) is 0 Å². The predicted molar refractivity (Wildman–Crippen MR) is 99.4 cm³/mol. The van der Waals surface area contributed by atoms with E-state index in [0.29, 0.717) is 11.6 Å². The summed E-state index contributed by atoms with van der Waals surface area (Å²) < 4.78 is 1.06. The lowest BCUT2D eigenvalue weighted by atomic mass is 9.89. The van der Waals surface area contributed by atoms with Gasteiger partial charge in [0.05, 0.1) is 11.1 Å². The minimum atomic E-state index is 0.646. The van der Waals surface area contributed by atoms with Crippen molar-refractivity contribution in [3.05, 3.63) is 27.3 Å². The summed E-state index contributed by atoms with van der Waals surface area (Å²) in [7, 11) is 0. The molecule has 3 heterocycles. The first-order valence-corrected chi connectivity index (χ1v) is 10.4. The summed E-state index contributed by atoms with van der Waals surface area (Å²) in [6.07, 6.45) is 3.49. The summed E-state index contributed by atoms with van der Waals surface area (Å²) in [6, 6.07) is 0.